The van der Waals surface area contributed by atoms with Crippen LogP contribution in [0, 0.1) is 6.92 Å². The molecule has 0 unspecified atom stereocenters. The molecule has 3 heteroatoms. The second-order valence-electron chi connectivity index (χ2n) is 3.92. The summed E-state index contributed by atoms with van der Waals surface area (Å²) >= 11 is 0. The quantitative estimate of drug-likeness (QED) is 0.792. The van der Waals surface area contributed by atoms with Gasteiger partial charge in [-0.1, -0.05) is 0 Å². The van der Waals surface area contributed by atoms with Gasteiger partial charge in [0, 0.05) is 17.1 Å². The molecule has 0 aliphatic rings. The molecule has 3 nitrogen and oxygen atoms in total. The molecule has 0 aliphatic carbocycles. The van der Waals surface area contributed by atoms with Crippen LogP contribution in [-0.4, -0.2) is 7.11 Å². The van der Waals surface area contributed by atoms with Gasteiger partial charge in [0.1, 0.15) is 5.75 Å². The highest BCUT2D eigenvalue weighted by molar-refractivity contribution is 5.64. The zero-order valence-electron chi connectivity index (χ0n) is 10.0. The molecule has 2 aromatic carbocycles. The molecule has 0 aliphatic heterocycles. The Bertz CT molecular complexity index is 506. The highest BCUT2D eigenvalue weighted by Crippen LogP contribution is 2.22. The first-order valence-electron chi connectivity index (χ1n) is 5.46. The van der Waals surface area contributed by atoms with Crippen molar-refractivity contribution in [2.24, 2.45) is 0 Å². The van der Waals surface area contributed by atoms with E-state index < -0.39 is 0 Å². The lowest BCUT2D eigenvalue weighted by Crippen LogP contribution is -1.94. The minimum atomic E-state index is 0.810. The van der Waals surface area contributed by atoms with Gasteiger partial charge in [0.2, 0.25) is 0 Å². The Hall–Kier alpha value is -2.16. The van der Waals surface area contributed by atoms with E-state index >= 15 is 0 Å². The maximum Gasteiger partial charge on any atom is 0.119 e. The van der Waals surface area contributed by atoms with Gasteiger partial charge in [0.15, 0.2) is 0 Å². The molecule has 17 heavy (non-hydrogen) atoms. The van der Waals surface area contributed by atoms with Crippen LogP contribution in [0.4, 0.5) is 17.1 Å². The van der Waals surface area contributed by atoms with Gasteiger partial charge in [-0.2, -0.15) is 0 Å². The lowest BCUT2D eigenvalue weighted by atomic mass is 10.2. The molecule has 0 radical (unpaired) electrons. The van der Waals surface area contributed by atoms with Crippen molar-refractivity contribution in [2.45, 2.75) is 6.92 Å². The van der Waals surface area contributed by atoms with Crippen molar-refractivity contribution in [3.63, 3.8) is 0 Å². The molecule has 0 atom stereocenters. The fourth-order valence-electron chi connectivity index (χ4n) is 1.59. The predicted molar refractivity (Wildman–Crippen MR) is 71.9 cm³/mol. The molecule has 0 spiro atoms. The van der Waals surface area contributed by atoms with Crippen LogP contribution in [0.15, 0.2) is 42.5 Å². The second-order valence-corrected chi connectivity index (χ2v) is 3.92. The first-order chi connectivity index (χ1) is 8.19. The Morgan fingerprint density at radius 2 is 1.65 bits per heavy atom. The summed E-state index contributed by atoms with van der Waals surface area (Å²) in [5.41, 5.74) is 9.71. The summed E-state index contributed by atoms with van der Waals surface area (Å²) < 4.78 is 5.11. The van der Waals surface area contributed by atoms with Gasteiger partial charge < -0.3 is 15.8 Å². The van der Waals surface area contributed by atoms with E-state index in [1.54, 1.807) is 7.11 Å². The number of ether oxygens (including phenoxy) is 1. The highest BCUT2D eigenvalue weighted by atomic mass is 16.5. The van der Waals surface area contributed by atoms with E-state index in [-0.39, 0.29) is 0 Å². The van der Waals surface area contributed by atoms with Crippen molar-refractivity contribution in [2.75, 3.05) is 18.2 Å². The molecule has 2 rings (SSSR count). The number of nitrogens with one attached hydrogen (secondary N) is 1. The Kier molecular flexibility index (Phi) is 3.19. The highest BCUT2D eigenvalue weighted by Gasteiger charge is 1.98. The Balaban J connectivity index is 2.16. The molecule has 88 valence electrons. The van der Waals surface area contributed by atoms with Gasteiger partial charge in [-0.15, -0.1) is 0 Å². The van der Waals surface area contributed by atoms with Crippen LogP contribution in [0.1, 0.15) is 5.56 Å². The maximum atomic E-state index is 5.78. The van der Waals surface area contributed by atoms with E-state index in [1.165, 1.54) is 0 Å². The zero-order valence-corrected chi connectivity index (χ0v) is 10.0. The fourth-order valence-corrected chi connectivity index (χ4v) is 1.59. The molecule has 2 aromatic rings. The lowest BCUT2D eigenvalue weighted by molar-refractivity contribution is 0.415. The average molecular weight is 228 g/mol. The molecule has 0 heterocycles. The predicted octanol–water partition coefficient (Wildman–Crippen LogP) is 3.33. The van der Waals surface area contributed by atoms with Crippen LogP contribution in [0.3, 0.4) is 0 Å². The molecular weight excluding hydrogens is 212 g/mol. The third-order valence-electron chi connectivity index (χ3n) is 2.65. The van der Waals surface area contributed by atoms with E-state index in [0.29, 0.717) is 0 Å². The summed E-state index contributed by atoms with van der Waals surface area (Å²) in [6, 6.07) is 13.7. The van der Waals surface area contributed by atoms with Crippen LogP contribution < -0.4 is 15.8 Å². The number of benzene rings is 2. The Labute approximate surface area is 101 Å². The van der Waals surface area contributed by atoms with Gasteiger partial charge >= 0.3 is 0 Å². The van der Waals surface area contributed by atoms with Crippen LogP contribution in [0.25, 0.3) is 0 Å². The first-order valence-corrected chi connectivity index (χ1v) is 5.46. The second kappa shape index (κ2) is 4.78. The van der Waals surface area contributed by atoms with E-state index in [0.717, 1.165) is 28.4 Å². The van der Waals surface area contributed by atoms with Crippen molar-refractivity contribution in [1.29, 1.82) is 0 Å². The molecule has 0 aromatic heterocycles. The largest absolute Gasteiger partial charge is 0.497 e. The number of aryl methyl sites for hydroxylation is 1. The fraction of sp³-hybridized carbons (Fsp3) is 0.143. The monoisotopic (exact) mass is 228 g/mol. The van der Waals surface area contributed by atoms with E-state index in [2.05, 4.69) is 5.32 Å². The lowest BCUT2D eigenvalue weighted by Gasteiger charge is -2.09. The van der Waals surface area contributed by atoms with E-state index in [9.17, 15) is 0 Å². The average Bonchev–Trinajstić information content (AvgIpc) is 2.35. The summed E-state index contributed by atoms with van der Waals surface area (Å²) in [7, 11) is 1.66. The molecule has 0 fully saturated rings. The SMILES string of the molecule is COc1ccc(Nc2ccc(N)c(C)c2)cc1. The van der Waals surface area contributed by atoms with Crippen molar-refractivity contribution < 1.29 is 4.74 Å². The Morgan fingerprint density at radius 3 is 2.24 bits per heavy atom. The van der Waals surface area contributed by atoms with Gasteiger partial charge in [-0.3, -0.25) is 0 Å². The van der Waals surface area contributed by atoms with E-state index in [1.807, 2.05) is 49.4 Å². The van der Waals surface area contributed by atoms with Crippen LogP contribution >= 0.6 is 0 Å². The molecule has 0 saturated heterocycles. The van der Waals surface area contributed by atoms with Crippen LogP contribution in [-0.2, 0) is 0 Å². The summed E-state index contributed by atoms with van der Waals surface area (Å²) in [6.45, 7) is 1.99. The van der Waals surface area contributed by atoms with E-state index in [4.69, 9.17) is 10.5 Å². The van der Waals surface area contributed by atoms with Crippen molar-refractivity contribution in [1.82, 2.24) is 0 Å². The number of nitrogens with two attached hydrogens (primary N) is 1. The minimum Gasteiger partial charge on any atom is -0.497 e. The number of hydrogen-bond donors (Lipinski definition) is 2. The summed E-state index contributed by atoms with van der Waals surface area (Å²) in [5, 5.41) is 3.31. The van der Waals surface area contributed by atoms with Crippen molar-refractivity contribution in [3.8, 4) is 5.75 Å². The smallest absolute Gasteiger partial charge is 0.119 e. The standard InChI is InChI=1S/C14H16N2O/c1-10-9-12(5-8-14(10)15)16-11-3-6-13(17-2)7-4-11/h3-9,16H,15H2,1-2H3. The zero-order chi connectivity index (χ0) is 12.3. The number of nitrogen functional groups attached to an aromatic ring is 1. The molecule has 0 amide bonds. The van der Waals surface area contributed by atoms with Gasteiger partial charge in [0.05, 0.1) is 7.11 Å². The van der Waals surface area contributed by atoms with Gasteiger partial charge in [-0.25, -0.2) is 0 Å². The number of rotatable bonds is 3. The normalized spacial score (nSPS) is 10.0. The third-order valence-corrected chi connectivity index (χ3v) is 2.65. The summed E-state index contributed by atoms with van der Waals surface area (Å²) in [6.07, 6.45) is 0. The summed E-state index contributed by atoms with van der Waals surface area (Å²) in [5.74, 6) is 0.851. The first kappa shape index (κ1) is 11.3. The van der Waals surface area contributed by atoms with Crippen LogP contribution in [0.5, 0.6) is 5.75 Å². The molecule has 0 saturated carbocycles. The number of methoxy groups -OCH3 is 1. The van der Waals surface area contributed by atoms with Gasteiger partial charge in [-0.05, 0) is 55.0 Å². The van der Waals surface area contributed by atoms with Crippen LogP contribution in [0.2, 0.25) is 0 Å². The molecule has 0 bridgehead atoms. The van der Waals surface area contributed by atoms with Crippen molar-refractivity contribution >= 4 is 17.1 Å². The Morgan fingerprint density at radius 1 is 1.00 bits per heavy atom. The molecule has 3 N–H and O–H groups in total. The molecular formula is C14H16N2O. The minimum absolute atomic E-state index is 0.810. The number of hydrogen-bond acceptors (Lipinski definition) is 3. The number of anilines is 3. The summed E-state index contributed by atoms with van der Waals surface area (Å²) in [4.78, 5) is 0. The third kappa shape index (κ3) is 2.69. The maximum absolute atomic E-state index is 5.78. The van der Waals surface area contributed by atoms with Gasteiger partial charge in [0.25, 0.3) is 0 Å². The van der Waals surface area contributed by atoms with Crippen molar-refractivity contribution in [3.05, 3.63) is 48.0 Å². The topological polar surface area (TPSA) is 47.3 Å².